The van der Waals surface area contributed by atoms with Gasteiger partial charge >= 0.3 is 5.97 Å². The summed E-state index contributed by atoms with van der Waals surface area (Å²) in [5, 5.41) is 9.93. The Morgan fingerprint density at radius 3 is 2.80 bits per heavy atom. The molecule has 1 aromatic rings. The molecule has 3 aliphatic rings. The fourth-order valence-electron chi connectivity index (χ4n) is 3.16. The van der Waals surface area contributed by atoms with Gasteiger partial charge in [0.25, 0.3) is 5.56 Å². The van der Waals surface area contributed by atoms with Crippen LogP contribution in [0.5, 0.6) is 5.75 Å². The van der Waals surface area contributed by atoms with E-state index in [9.17, 15) is 14.7 Å². The highest BCUT2D eigenvalue weighted by Gasteiger charge is 2.45. The number of nitrogens with zero attached hydrogens (tertiary/aromatic N) is 2. The number of carbonyl (C=O) groups excluding carboxylic acids is 1. The molecular formula is C13H17N3O4. The monoisotopic (exact) mass is 279 g/mol. The van der Waals surface area contributed by atoms with Crippen molar-refractivity contribution in [1.82, 2.24) is 9.55 Å². The molecule has 0 saturated heterocycles. The van der Waals surface area contributed by atoms with Crippen LogP contribution in [-0.2, 0) is 10.3 Å². The van der Waals surface area contributed by atoms with E-state index in [-0.39, 0.29) is 18.3 Å². The number of ether oxygens (including phenoxy) is 1. The first-order chi connectivity index (χ1) is 9.48. The summed E-state index contributed by atoms with van der Waals surface area (Å²) in [6.45, 7) is 1.79. The molecule has 0 atom stereocenters. The molecule has 0 aromatic carbocycles. The van der Waals surface area contributed by atoms with Crippen LogP contribution in [0.15, 0.2) is 4.79 Å². The van der Waals surface area contributed by atoms with E-state index in [2.05, 4.69) is 4.98 Å². The molecule has 1 aromatic heterocycles. The van der Waals surface area contributed by atoms with E-state index < -0.39 is 22.8 Å². The van der Waals surface area contributed by atoms with Gasteiger partial charge in [-0.05, 0) is 32.6 Å². The van der Waals surface area contributed by atoms with Gasteiger partial charge in [-0.15, -0.1) is 0 Å². The summed E-state index contributed by atoms with van der Waals surface area (Å²) >= 11 is 0. The number of carbonyl (C=O) groups is 1. The molecule has 108 valence electrons. The Bertz CT molecular complexity index is 629. The Kier molecular flexibility index (Phi) is 2.82. The molecule has 2 bridgehead atoms. The van der Waals surface area contributed by atoms with Crippen molar-refractivity contribution < 1.29 is 14.6 Å². The van der Waals surface area contributed by atoms with Gasteiger partial charge in [-0.2, -0.15) is 0 Å². The minimum Gasteiger partial charge on any atom is -0.501 e. The van der Waals surface area contributed by atoms with Gasteiger partial charge in [0.2, 0.25) is 5.75 Å². The van der Waals surface area contributed by atoms with Crippen LogP contribution < -0.4 is 11.3 Å². The van der Waals surface area contributed by atoms with Gasteiger partial charge in [0.15, 0.2) is 5.69 Å². The van der Waals surface area contributed by atoms with E-state index in [0.29, 0.717) is 5.82 Å². The van der Waals surface area contributed by atoms with E-state index in [1.54, 1.807) is 6.92 Å². The second-order valence-electron chi connectivity index (χ2n) is 5.42. The zero-order valence-electron chi connectivity index (χ0n) is 11.3. The van der Waals surface area contributed by atoms with Crippen LogP contribution in [0.1, 0.15) is 55.0 Å². The molecule has 20 heavy (non-hydrogen) atoms. The van der Waals surface area contributed by atoms with Crippen molar-refractivity contribution in [3.05, 3.63) is 21.9 Å². The minimum absolute atomic E-state index is 0.0116. The Morgan fingerprint density at radius 2 is 2.20 bits per heavy atom. The number of aromatic nitrogens is 2. The Hall–Kier alpha value is -1.89. The van der Waals surface area contributed by atoms with Gasteiger partial charge in [0.1, 0.15) is 5.82 Å². The number of rotatable bonds is 2. The van der Waals surface area contributed by atoms with E-state index in [4.69, 9.17) is 10.5 Å². The van der Waals surface area contributed by atoms with Crippen LogP contribution in [0.3, 0.4) is 0 Å². The molecule has 7 nitrogen and oxygen atoms in total. The van der Waals surface area contributed by atoms with Crippen LogP contribution in [0.2, 0.25) is 0 Å². The molecule has 3 N–H and O–H groups in total. The molecule has 4 rings (SSSR count). The summed E-state index contributed by atoms with van der Waals surface area (Å²) in [7, 11) is 0. The fraction of sp³-hybridized carbons (Fsp3) is 0.615. The molecule has 2 aliphatic heterocycles. The summed E-state index contributed by atoms with van der Waals surface area (Å²) in [5.41, 5.74) is 4.69. The number of aromatic hydroxyl groups is 1. The zero-order valence-corrected chi connectivity index (χ0v) is 11.3. The maximum Gasteiger partial charge on any atom is 0.361 e. The third-order valence-corrected chi connectivity index (χ3v) is 4.22. The van der Waals surface area contributed by atoms with Crippen molar-refractivity contribution in [3.63, 3.8) is 0 Å². The quantitative estimate of drug-likeness (QED) is 0.759. The van der Waals surface area contributed by atoms with Crippen LogP contribution >= 0.6 is 0 Å². The lowest BCUT2D eigenvalue weighted by atomic mass is 9.75. The Labute approximate surface area is 115 Å². The minimum atomic E-state index is -0.796. The normalized spacial score (nSPS) is 27.2. The first kappa shape index (κ1) is 13.1. The maximum absolute atomic E-state index is 12.3. The first-order valence-electron chi connectivity index (χ1n) is 6.80. The highest BCUT2D eigenvalue weighted by atomic mass is 16.5. The molecule has 3 heterocycles. The maximum atomic E-state index is 12.3. The number of esters is 1. The molecule has 1 fully saturated rings. The van der Waals surface area contributed by atoms with Crippen molar-refractivity contribution in [2.24, 2.45) is 5.73 Å². The summed E-state index contributed by atoms with van der Waals surface area (Å²) in [6, 6.07) is 0.0116. The van der Waals surface area contributed by atoms with Crippen molar-refractivity contribution in [2.75, 3.05) is 6.61 Å². The predicted octanol–water partition coefficient (Wildman–Crippen LogP) is 0.408. The van der Waals surface area contributed by atoms with Gasteiger partial charge in [-0.3, -0.25) is 9.36 Å². The number of nitrogens with two attached hydrogens (primary N) is 1. The van der Waals surface area contributed by atoms with E-state index in [1.807, 2.05) is 0 Å². The molecule has 0 spiro atoms. The SMILES string of the molecule is CCOC(=O)c1nc2n(c(=O)c1O)C1CCC2(N)CC1. The van der Waals surface area contributed by atoms with Crippen LogP contribution in [0.25, 0.3) is 0 Å². The van der Waals surface area contributed by atoms with Gasteiger partial charge < -0.3 is 15.6 Å². The average molecular weight is 279 g/mol. The fourth-order valence-corrected chi connectivity index (χ4v) is 3.16. The summed E-state index contributed by atoms with van der Waals surface area (Å²) in [4.78, 5) is 28.2. The van der Waals surface area contributed by atoms with Gasteiger partial charge in [0.05, 0.1) is 12.1 Å². The average Bonchev–Trinajstić information content (AvgIpc) is 2.43. The Balaban J connectivity index is 2.22. The zero-order chi connectivity index (χ0) is 14.5. The first-order valence-corrected chi connectivity index (χ1v) is 6.80. The Morgan fingerprint density at radius 1 is 1.55 bits per heavy atom. The lowest BCUT2D eigenvalue weighted by Crippen LogP contribution is -2.52. The van der Waals surface area contributed by atoms with Crippen molar-refractivity contribution >= 4 is 5.97 Å². The largest absolute Gasteiger partial charge is 0.501 e. The predicted molar refractivity (Wildman–Crippen MR) is 69.5 cm³/mol. The number of hydrogen-bond acceptors (Lipinski definition) is 6. The lowest BCUT2D eigenvalue weighted by molar-refractivity contribution is 0.0510. The topological polar surface area (TPSA) is 107 Å². The second kappa shape index (κ2) is 4.31. The van der Waals surface area contributed by atoms with Crippen molar-refractivity contribution in [3.8, 4) is 5.75 Å². The number of hydrogen-bond donors (Lipinski definition) is 2. The van der Waals surface area contributed by atoms with E-state index in [0.717, 1.165) is 25.7 Å². The van der Waals surface area contributed by atoms with Gasteiger partial charge in [-0.1, -0.05) is 0 Å². The van der Waals surface area contributed by atoms with Crippen LogP contribution in [-0.4, -0.2) is 27.2 Å². The third-order valence-electron chi connectivity index (χ3n) is 4.22. The summed E-state index contributed by atoms with van der Waals surface area (Å²) < 4.78 is 6.27. The molecule has 0 amide bonds. The number of fused-ring (bicyclic) bond motifs is 2. The van der Waals surface area contributed by atoms with E-state index >= 15 is 0 Å². The van der Waals surface area contributed by atoms with Crippen molar-refractivity contribution in [2.45, 2.75) is 44.2 Å². The van der Waals surface area contributed by atoms with Crippen LogP contribution in [0, 0.1) is 0 Å². The standard InChI is InChI=1S/C13H17N3O4/c1-2-20-11(19)8-9(17)10(18)16-7-3-5-13(14,6-4-7)12(16)15-8/h7,17H,2-6,14H2,1H3. The van der Waals surface area contributed by atoms with Gasteiger partial charge in [0, 0.05) is 6.04 Å². The highest BCUT2D eigenvalue weighted by molar-refractivity contribution is 5.90. The molecule has 1 aliphatic carbocycles. The van der Waals surface area contributed by atoms with E-state index in [1.165, 1.54) is 4.57 Å². The smallest absolute Gasteiger partial charge is 0.361 e. The molecule has 7 heteroatoms. The molecule has 1 saturated carbocycles. The second-order valence-corrected chi connectivity index (χ2v) is 5.42. The van der Waals surface area contributed by atoms with Crippen LogP contribution in [0.4, 0.5) is 0 Å². The summed E-state index contributed by atoms with van der Waals surface area (Å²) in [5.74, 6) is -1.05. The van der Waals surface area contributed by atoms with Gasteiger partial charge in [-0.25, -0.2) is 9.78 Å². The third kappa shape index (κ3) is 1.66. The molecular weight excluding hydrogens is 262 g/mol. The molecule has 0 radical (unpaired) electrons. The summed E-state index contributed by atoms with van der Waals surface area (Å²) in [6.07, 6.45) is 3.06. The highest BCUT2D eigenvalue weighted by Crippen LogP contribution is 2.44. The molecule has 0 unspecified atom stereocenters. The lowest BCUT2D eigenvalue weighted by Gasteiger charge is -2.45. The van der Waals surface area contributed by atoms with Crippen molar-refractivity contribution in [1.29, 1.82) is 0 Å².